The van der Waals surface area contributed by atoms with Crippen LogP contribution in [-0.2, 0) is 11.0 Å². The Labute approximate surface area is 113 Å². The second-order valence-corrected chi connectivity index (χ2v) is 4.51. The predicted molar refractivity (Wildman–Crippen MR) is 65.8 cm³/mol. The van der Waals surface area contributed by atoms with Crippen LogP contribution in [0.25, 0.3) is 0 Å². The van der Waals surface area contributed by atoms with Crippen LogP contribution in [0.2, 0.25) is 0 Å². The molecule has 0 aromatic heterocycles. The van der Waals surface area contributed by atoms with Crippen molar-refractivity contribution >= 4 is 11.6 Å². The van der Waals surface area contributed by atoms with Gasteiger partial charge in [-0.1, -0.05) is 0 Å². The SMILES string of the molecule is N#Cc1ccc(NC(=O)[C@H]2CCCN2)cc1C(F)(F)F. The van der Waals surface area contributed by atoms with Gasteiger partial charge in [0, 0.05) is 5.69 Å². The lowest BCUT2D eigenvalue weighted by molar-refractivity contribution is -0.137. The van der Waals surface area contributed by atoms with Gasteiger partial charge in [0.05, 0.1) is 23.2 Å². The molecule has 1 saturated heterocycles. The van der Waals surface area contributed by atoms with E-state index in [1.165, 1.54) is 12.1 Å². The quantitative estimate of drug-likeness (QED) is 0.875. The fourth-order valence-corrected chi connectivity index (χ4v) is 2.09. The summed E-state index contributed by atoms with van der Waals surface area (Å²) in [5.41, 5.74) is -1.47. The monoisotopic (exact) mass is 283 g/mol. The van der Waals surface area contributed by atoms with Gasteiger partial charge in [0.25, 0.3) is 0 Å². The Hall–Kier alpha value is -2.07. The zero-order valence-corrected chi connectivity index (χ0v) is 10.4. The van der Waals surface area contributed by atoms with Crippen molar-refractivity contribution in [1.82, 2.24) is 5.32 Å². The molecule has 1 amide bonds. The normalized spacial score (nSPS) is 18.6. The maximum atomic E-state index is 12.8. The highest BCUT2D eigenvalue weighted by Crippen LogP contribution is 2.33. The summed E-state index contributed by atoms with van der Waals surface area (Å²) in [6.45, 7) is 0.721. The minimum Gasteiger partial charge on any atom is -0.325 e. The van der Waals surface area contributed by atoms with Gasteiger partial charge in [-0.3, -0.25) is 4.79 Å². The van der Waals surface area contributed by atoms with E-state index >= 15 is 0 Å². The summed E-state index contributed by atoms with van der Waals surface area (Å²) >= 11 is 0. The lowest BCUT2D eigenvalue weighted by Crippen LogP contribution is -2.35. The van der Waals surface area contributed by atoms with Gasteiger partial charge in [-0.05, 0) is 37.6 Å². The summed E-state index contributed by atoms with van der Waals surface area (Å²) in [7, 11) is 0. The van der Waals surface area contributed by atoms with Crippen LogP contribution >= 0.6 is 0 Å². The first-order chi connectivity index (χ1) is 9.41. The molecule has 106 valence electrons. The van der Waals surface area contributed by atoms with Crippen LogP contribution in [0.1, 0.15) is 24.0 Å². The number of benzene rings is 1. The number of carbonyl (C=O) groups is 1. The van der Waals surface area contributed by atoms with E-state index in [4.69, 9.17) is 5.26 Å². The second kappa shape index (κ2) is 5.51. The highest BCUT2D eigenvalue weighted by atomic mass is 19.4. The molecule has 1 heterocycles. The smallest absolute Gasteiger partial charge is 0.325 e. The van der Waals surface area contributed by atoms with Gasteiger partial charge in [0.2, 0.25) is 5.91 Å². The topological polar surface area (TPSA) is 64.9 Å². The zero-order valence-electron chi connectivity index (χ0n) is 10.4. The summed E-state index contributed by atoms with van der Waals surface area (Å²) in [4.78, 5) is 11.8. The lowest BCUT2D eigenvalue weighted by Gasteiger charge is -2.14. The van der Waals surface area contributed by atoms with Crippen molar-refractivity contribution < 1.29 is 18.0 Å². The van der Waals surface area contributed by atoms with Gasteiger partial charge in [0.15, 0.2) is 0 Å². The van der Waals surface area contributed by atoms with Gasteiger partial charge >= 0.3 is 6.18 Å². The summed E-state index contributed by atoms with van der Waals surface area (Å²) in [6.07, 6.45) is -3.11. The molecule has 0 unspecified atom stereocenters. The molecule has 0 radical (unpaired) electrons. The lowest BCUT2D eigenvalue weighted by atomic mass is 10.1. The Bertz CT molecular complexity index is 557. The van der Waals surface area contributed by atoms with Crippen LogP contribution in [0.5, 0.6) is 0 Å². The van der Waals surface area contributed by atoms with E-state index < -0.39 is 17.3 Å². The molecular formula is C13H12F3N3O. The standard InChI is InChI=1S/C13H12F3N3O/c14-13(15,16)10-6-9(4-3-8(10)7-17)19-12(20)11-2-1-5-18-11/h3-4,6,11,18H,1-2,5H2,(H,19,20)/t11-/m1/s1. The van der Waals surface area contributed by atoms with Gasteiger partial charge in [0.1, 0.15) is 0 Å². The molecule has 0 aliphatic carbocycles. The number of nitriles is 1. The van der Waals surface area contributed by atoms with Gasteiger partial charge in [-0.15, -0.1) is 0 Å². The van der Waals surface area contributed by atoms with E-state index in [2.05, 4.69) is 10.6 Å². The molecule has 1 aliphatic heterocycles. The Morgan fingerprint density at radius 3 is 2.75 bits per heavy atom. The largest absolute Gasteiger partial charge is 0.417 e. The number of rotatable bonds is 2. The maximum Gasteiger partial charge on any atom is 0.417 e. The second-order valence-electron chi connectivity index (χ2n) is 4.51. The number of anilines is 1. The fourth-order valence-electron chi connectivity index (χ4n) is 2.09. The molecule has 0 spiro atoms. The van der Waals surface area contributed by atoms with Crippen LogP contribution in [0.4, 0.5) is 18.9 Å². The molecule has 1 aromatic carbocycles. The number of hydrogen-bond donors (Lipinski definition) is 2. The summed E-state index contributed by atoms with van der Waals surface area (Å²) in [5.74, 6) is -0.361. The van der Waals surface area contributed by atoms with Crippen LogP contribution < -0.4 is 10.6 Å². The maximum absolute atomic E-state index is 12.8. The number of carbonyl (C=O) groups excluding carboxylic acids is 1. The molecule has 1 fully saturated rings. The van der Waals surface area contributed by atoms with Crippen molar-refractivity contribution in [2.75, 3.05) is 11.9 Å². The van der Waals surface area contributed by atoms with E-state index in [1.807, 2.05) is 0 Å². The first-order valence-electron chi connectivity index (χ1n) is 6.07. The van der Waals surface area contributed by atoms with Crippen molar-refractivity contribution in [2.45, 2.75) is 25.1 Å². The fraction of sp³-hybridized carbons (Fsp3) is 0.385. The number of amides is 1. The molecular weight excluding hydrogens is 271 g/mol. The summed E-state index contributed by atoms with van der Waals surface area (Å²) < 4.78 is 38.3. The Balaban J connectivity index is 2.21. The van der Waals surface area contributed by atoms with Crippen molar-refractivity contribution in [3.8, 4) is 6.07 Å². The first-order valence-corrected chi connectivity index (χ1v) is 6.07. The predicted octanol–water partition coefficient (Wildman–Crippen LogP) is 2.27. The van der Waals surface area contributed by atoms with Gasteiger partial charge in [-0.25, -0.2) is 0 Å². The van der Waals surface area contributed by atoms with Crippen LogP contribution in [0, 0.1) is 11.3 Å². The number of halogens is 3. The van der Waals surface area contributed by atoms with Crippen LogP contribution in [0.15, 0.2) is 18.2 Å². The van der Waals surface area contributed by atoms with E-state index in [0.29, 0.717) is 6.42 Å². The summed E-state index contributed by atoms with van der Waals surface area (Å²) in [6, 6.07) is 4.25. The molecule has 1 aliphatic rings. The molecule has 0 saturated carbocycles. The molecule has 4 nitrogen and oxygen atoms in total. The van der Waals surface area contributed by atoms with Crippen molar-refractivity contribution in [1.29, 1.82) is 5.26 Å². The van der Waals surface area contributed by atoms with E-state index in [1.54, 1.807) is 0 Å². The van der Waals surface area contributed by atoms with Crippen LogP contribution in [0.3, 0.4) is 0 Å². The van der Waals surface area contributed by atoms with E-state index in [9.17, 15) is 18.0 Å². The molecule has 20 heavy (non-hydrogen) atoms. The van der Waals surface area contributed by atoms with Crippen molar-refractivity contribution in [3.05, 3.63) is 29.3 Å². The van der Waals surface area contributed by atoms with E-state index in [-0.39, 0.29) is 17.6 Å². The number of nitrogens with zero attached hydrogens (tertiary/aromatic N) is 1. The third kappa shape index (κ3) is 3.08. The molecule has 0 bridgehead atoms. The van der Waals surface area contributed by atoms with Crippen molar-refractivity contribution in [2.24, 2.45) is 0 Å². The Morgan fingerprint density at radius 2 is 2.20 bits per heavy atom. The molecule has 2 rings (SSSR count). The highest BCUT2D eigenvalue weighted by molar-refractivity contribution is 5.95. The van der Waals surface area contributed by atoms with E-state index in [0.717, 1.165) is 25.1 Å². The molecule has 7 heteroatoms. The first kappa shape index (κ1) is 14.3. The Morgan fingerprint density at radius 1 is 1.45 bits per heavy atom. The third-order valence-electron chi connectivity index (χ3n) is 3.09. The minimum absolute atomic E-state index is 0.0371. The number of nitrogens with one attached hydrogen (secondary N) is 2. The Kier molecular flexibility index (Phi) is 3.95. The van der Waals surface area contributed by atoms with Gasteiger partial charge in [-0.2, -0.15) is 18.4 Å². The van der Waals surface area contributed by atoms with Crippen LogP contribution in [-0.4, -0.2) is 18.5 Å². The van der Waals surface area contributed by atoms with Crippen molar-refractivity contribution in [3.63, 3.8) is 0 Å². The average molecular weight is 283 g/mol. The highest BCUT2D eigenvalue weighted by Gasteiger charge is 2.34. The number of alkyl halides is 3. The minimum atomic E-state index is -4.63. The zero-order chi connectivity index (χ0) is 14.8. The molecule has 1 atom stereocenters. The average Bonchev–Trinajstić information content (AvgIpc) is 2.91. The third-order valence-corrected chi connectivity index (χ3v) is 3.09. The number of hydrogen-bond acceptors (Lipinski definition) is 3. The van der Waals surface area contributed by atoms with Gasteiger partial charge < -0.3 is 10.6 Å². The molecule has 1 aromatic rings. The molecule has 2 N–H and O–H groups in total. The summed E-state index contributed by atoms with van der Waals surface area (Å²) in [5, 5.41) is 14.1.